The number of primary amides is 1. The molecule has 2 atom stereocenters. The summed E-state index contributed by atoms with van der Waals surface area (Å²) in [6.45, 7) is -0.0949. The first-order valence-electron chi connectivity index (χ1n) is 5.29. The van der Waals surface area contributed by atoms with E-state index < -0.39 is 23.9 Å². The molecule has 0 unspecified atom stereocenters. The number of hydrogen-bond acceptors (Lipinski definition) is 4. The zero-order valence-electron chi connectivity index (χ0n) is 9.24. The number of rotatable bonds is 2. The van der Waals surface area contributed by atoms with Crippen LogP contribution in [0.2, 0.25) is 0 Å². The normalized spacial score (nSPS) is 25.1. The van der Waals surface area contributed by atoms with Crippen LogP contribution in [0.4, 0.5) is 13.2 Å². The molecule has 1 aromatic heterocycles. The van der Waals surface area contributed by atoms with Gasteiger partial charge in [-0.15, -0.1) is 11.3 Å². The van der Waals surface area contributed by atoms with E-state index in [1.54, 1.807) is 0 Å². The first-order chi connectivity index (χ1) is 8.39. The van der Waals surface area contributed by atoms with Crippen molar-refractivity contribution in [1.29, 1.82) is 0 Å². The Hall–Kier alpha value is -1.15. The van der Waals surface area contributed by atoms with Crippen LogP contribution in [0.3, 0.4) is 0 Å². The van der Waals surface area contributed by atoms with Gasteiger partial charge in [0.15, 0.2) is 0 Å². The molecule has 0 spiro atoms. The predicted octanol–water partition coefficient (Wildman–Crippen LogP) is 1.92. The summed E-state index contributed by atoms with van der Waals surface area (Å²) in [6.07, 6.45) is -4.08. The van der Waals surface area contributed by atoms with Crippen molar-refractivity contribution in [2.24, 2.45) is 11.7 Å². The topological polar surface area (TPSA) is 65.2 Å². The van der Waals surface area contributed by atoms with Crippen molar-refractivity contribution in [2.45, 2.75) is 18.5 Å². The number of thiazole rings is 1. The molecular formula is C10H11F3N2O2S. The van der Waals surface area contributed by atoms with Gasteiger partial charge in [-0.25, -0.2) is 4.98 Å². The molecule has 1 fully saturated rings. The van der Waals surface area contributed by atoms with Gasteiger partial charge in [-0.2, -0.15) is 13.2 Å². The summed E-state index contributed by atoms with van der Waals surface area (Å²) in [4.78, 5) is 14.8. The number of ether oxygens (including phenoxy) is 1. The van der Waals surface area contributed by atoms with Crippen LogP contribution < -0.4 is 5.73 Å². The second-order valence-corrected chi connectivity index (χ2v) is 4.94. The van der Waals surface area contributed by atoms with Gasteiger partial charge in [-0.05, 0) is 6.42 Å². The minimum absolute atomic E-state index is 0.0161. The van der Waals surface area contributed by atoms with Crippen molar-refractivity contribution in [1.82, 2.24) is 4.98 Å². The molecule has 2 rings (SSSR count). The molecule has 1 aliphatic heterocycles. The molecule has 1 aliphatic rings. The zero-order chi connectivity index (χ0) is 13.3. The molecule has 0 saturated carbocycles. The van der Waals surface area contributed by atoms with E-state index in [4.69, 9.17) is 10.5 Å². The Bertz CT molecular complexity index is 447. The highest BCUT2D eigenvalue weighted by atomic mass is 32.1. The van der Waals surface area contributed by atoms with Crippen LogP contribution in [0.5, 0.6) is 0 Å². The lowest BCUT2D eigenvalue weighted by Gasteiger charge is -2.31. The standard InChI is InChI=1S/C10H11F3N2O2S/c11-10(12,13)6-3-17-2-1-5(6)9-15-7(4-18-9)8(14)16/h4-6H,1-3H2,(H2,14,16)/t5-,6+/m0/s1. The molecule has 1 amide bonds. The molecule has 0 radical (unpaired) electrons. The van der Waals surface area contributed by atoms with Gasteiger partial charge in [0.2, 0.25) is 0 Å². The quantitative estimate of drug-likeness (QED) is 0.900. The van der Waals surface area contributed by atoms with Crippen molar-refractivity contribution in [3.05, 3.63) is 16.1 Å². The summed E-state index contributed by atoms with van der Waals surface area (Å²) in [6, 6.07) is 0. The summed E-state index contributed by atoms with van der Waals surface area (Å²) in [5.41, 5.74) is 5.05. The molecule has 1 saturated heterocycles. The Labute approximate surface area is 105 Å². The van der Waals surface area contributed by atoms with E-state index in [1.807, 2.05) is 0 Å². The number of carbonyl (C=O) groups excluding carboxylic acids is 1. The monoisotopic (exact) mass is 280 g/mol. The predicted molar refractivity (Wildman–Crippen MR) is 58.4 cm³/mol. The number of aromatic nitrogens is 1. The third-order valence-electron chi connectivity index (χ3n) is 2.87. The van der Waals surface area contributed by atoms with Crippen molar-refractivity contribution in [3.63, 3.8) is 0 Å². The van der Waals surface area contributed by atoms with Crippen LogP contribution in [-0.4, -0.2) is 30.3 Å². The fourth-order valence-corrected chi connectivity index (χ4v) is 2.94. The summed E-state index contributed by atoms with van der Waals surface area (Å²) < 4.78 is 43.4. The van der Waals surface area contributed by atoms with Gasteiger partial charge in [-0.1, -0.05) is 0 Å². The molecule has 1 aromatic rings. The molecule has 0 bridgehead atoms. The Morgan fingerprint density at radius 3 is 2.83 bits per heavy atom. The Morgan fingerprint density at radius 1 is 1.56 bits per heavy atom. The van der Waals surface area contributed by atoms with Crippen LogP contribution in [0.15, 0.2) is 5.38 Å². The lowest BCUT2D eigenvalue weighted by molar-refractivity contribution is -0.205. The van der Waals surface area contributed by atoms with Gasteiger partial charge in [0.1, 0.15) is 5.69 Å². The van der Waals surface area contributed by atoms with Crippen LogP contribution in [0.1, 0.15) is 27.8 Å². The molecule has 2 N–H and O–H groups in total. The summed E-state index contributed by atoms with van der Waals surface area (Å²) in [5.74, 6) is -3.05. The van der Waals surface area contributed by atoms with Crippen LogP contribution in [0.25, 0.3) is 0 Å². The lowest BCUT2D eigenvalue weighted by Crippen LogP contribution is -2.37. The smallest absolute Gasteiger partial charge is 0.381 e. The summed E-state index contributed by atoms with van der Waals surface area (Å²) in [7, 11) is 0. The SMILES string of the molecule is NC(=O)c1csc([C@H]2CCOC[C@H]2C(F)(F)F)n1. The van der Waals surface area contributed by atoms with E-state index in [0.717, 1.165) is 11.3 Å². The van der Waals surface area contributed by atoms with Crippen molar-refractivity contribution >= 4 is 17.2 Å². The van der Waals surface area contributed by atoms with Gasteiger partial charge < -0.3 is 10.5 Å². The Balaban J connectivity index is 2.25. The highest BCUT2D eigenvalue weighted by Crippen LogP contribution is 2.42. The van der Waals surface area contributed by atoms with Gasteiger partial charge in [0, 0.05) is 17.9 Å². The molecule has 4 nitrogen and oxygen atoms in total. The van der Waals surface area contributed by atoms with E-state index in [-0.39, 0.29) is 25.3 Å². The van der Waals surface area contributed by atoms with Crippen molar-refractivity contribution in [3.8, 4) is 0 Å². The van der Waals surface area contributed by atoms with Crippen molar-refractivity contribution in [2.75, 3.05) is 13.2 Å². The Morgan fingerprint density at radius 2 is 2.28 bits per heavy atom. The number of nitrogens with zero attached hydrogens (tertiary/aromatic N) is 1. The number of carbonyl (C=O) groups is 1. The summed E-state index contributed by atoms with van der Waals surface area (Å²) in [5, 5.41) is 1.69. The fraction of sp³-hybridized carbons (Fsp3) is 0.600. The van der Waals surface area contributed by atoms with Crippen LogP contribution >= 0.6 is 11.3 Å². The first-order valence-corrected chi connectivity index (χ1v) is 6.17. The highest BCUT2D eigenvalue weighted by molar-refractivity contribution is 7.09. The molecule has 2 heterocycles. The van der Waals surface area contributed by atoms with Crippen LogP contribution in [0, 0.1) is 5.92 Å². The molecule has 8 heteroatoms. The van der Waals surface area contributed by atoms with Gasteiger partial charge in [0.05, 0.1) is 17.5 Å². The second kappa shape index (κ2) is 4.85. The number of nitrogens with two attached hydrogens (primary N) is 1. The van der Waals surface area contributed by atoms with Crippen LogP contribution in [-0.2, 0) is 4.74 Å². The maximum Gasteiger partial charge on any atom is 0.394 e. The highest BCUT2D eigenvalue weighted by Gasteiger charge is 2.47. The Kier molecular flexibility index (Phi) is 3.58. The number of amides is 1. The number of halogens is 3. The van der Waals surface area contributed by atoms with Gasteiger partial charge >= 0.3 is 6.18 Å². The van der Waals surface area contributed by atoms with E-state index in [9.17, 15) is 18.0 Å². The van der Waals surface area contributed by atoms with Crippen molar-refractivity contribution < 1.29 is 22.7 Å². The first kappa shape index (κ1) is 13.3. The van der Waals surface area contributed by atoms with Gasteiger partial charge in [-0.3, -0.25) is 4.79 Å². The molecule has 18 heavy (non-hydrogen) atoms. The maximum atomic E-state index is 12.8. The average molecular weight is 280 g/mol. The molecule has 100 valence electrons. The van der Waals surface area contributed by atoms with E-state index in [0.29, 0.717) is 5.01 Å². The maximum absolute atomic E-state index is 12.8. The number of alkyl halides is 3. The molecular weight excluding hydrogens is 269 g/mol. The third-order valence-corrected chi connectivity index (χ3v) is 3.84. The van der Waals surface area contributed by atoms with E-state index in [2.05, 4.69) is 4.98 Å². The van der Waals surface area contributed by atoms with E-state index in [1.165, 1.54) is 5.38 Å². The fourth-order valence-electron chi connectivity index (χ4n) is 1.93. The van der Waals surface area contributed by atoms with E-state index >= 15 is 0 Å². The number of hydrogen-bond donors (Lipinski definition) is 1. The minimum Gasteiger partial charge on any atom is -0.381 e. The lowest BCUT2D eigenvalue weighted by atomic mass is 9.88. The second-order valence-electron chi connectivity index (χ2n) is 4.05. The third kappa shape index (κ3) is 2.64. The molecule has 0 aromatic carbocycles. The molecule has 0 aliphatic carbocycles. The minimum atomic E-state index is -4.33. The average Bonchev–Trinajstić information content (AvgIpc) is 2.77. The summed E-state index contributed by atoms with van der Waals surface area (Å²) >= 11 is 1.04. The zero-order valence-corrected chi connectivity index (χ0v) is 10.1. The van der Waals surface area contributed by atoms with Gasteiger partial charge in [0.25, 0.3) is 5.91 Å². The largest absolute Gasteiger partial charge is 0.394 e.